The molecule has 0 aliphatic rings. The number of rotatable bonds is 7. The Morgan fingerprint density at radius 2 is 1.88 bits per heavy atom. The molecule has 0 unspecified atom stereocenters. The molecule has 6 heteroatoms. The Bertz CT molecular complexity index is 909. The summed E-state index contributed by atoms with van der Waals surface area (Å²) in [5.74, 6) is 3.99. The van der Waals surface area contributed by atoms with Crippen LogP contribution in [0.25, 0.3) is 11.3 Å². The Morgan fingerprint density at radius 3 is 2.58 bits per heavy atom. The van der Waals surface area contributed by atoms with Gasteiger partial charge >= 0.3 is 0 Å². The Hall–Kier alpha value is -3.30. The minimum Gasteiger partial charge on any atom is -0.497 e. The van der Waals surface area contributed by atoms with Crippen molar-refractivity contribution in [3.05, 3.63) is 59.5 Å². The second-order valence-electron chi connectivity index (χ2n) is 5.20. The van der Waals surface area contributed by atoms with Gasteiger partial charge in [0.05, 0.1) is 19.0 Å². The molecule has 0 aliphatic carbocycles. The maximum atomic E-state index is 5.33. The number of terminal acetylenes is 1. The van der Waals surface area contributed by atoms with E-state index in [2.05, 4.69) is 21.4 Å². The fraction of sp³-hybridized carbons (Fsp3) is 0.100. The van der Waals surface area contributed by atoms with Gasteiger partial charge < -0.3 is 9.47 Å². The molecule has 0 atom stereocenters. The molecule has 1 N–H and O–H groups in total. The lowest BCUT2D eigenvalue weighted by atomic mass is 10.2. The summed E-state index contributed by atoms with van der Waals surface area (Å²) in [5.41, 5.74) is 5.81. The lowest BCUT2D eigenvalue weighted by molar-refractivity contribution is 0.370. The first kappa shape index (κ1) is 17.5. The van der Waals surface area contributed by atoms with E-state index >= 15 is 0 Å². The number of nitrogens with one attached hydrogen (secondary N) is 1. The van der Waals surface area contributed by atoms with Gasteiger partial charge in [-0.05, 0) is 54.1 Å². The van der Waals surface area contributed by atoms with Crippen LogP contribution in [-0.2, 0) is 0 Å². The maximum absolute atomic E-state index is 5.33. The molecule has 0 aliphatic heterocycles. The van der Waals surface area contributed by atoms with E-state index in [1.54, 1.807) is 13.3 Å². The van der Waals surface area contributed by atoms with Gasteiger partial charge in [0.25, 0.3) is 0 Å². The summed E-state index contributed by atoms with van der Waals surface area (Å²) in [7, 11) is 1.65. The third-order valence-corrected chi connectivity index (χ3v) is 4.21. The van der Waals surface area contributed by atoms with Crippen LogP contribution >= 0.6 is 11.3 Å². The molecule has 0 fully saturated rings. The van der Waals surface area contributed by atoms with E-state index in [9.17, 15) is 0 Å². The Labute approximate surface area is 156 Å². The minimum atomic E-state index is 0.259. The summed E-state index contributed by atoms with van der Waals surface area (Å²) in [6.07, 6.45) is 6.89. The first-order chi connectivity index (χ1) is 12.8. The molecule has 130 valence electrons. The van der Waals surface area contributed by atoms with E-state index in [1.807, 2.05) is 53.9 Å². The standard InChI is InChI=1S/C20H17N3O2S/c1-3-12-25-18-8-4-15(5-9-18)13-21-23-20-22-19(14-26-20)16-6-10-17(24-2)11-7-16/h1,4-11,13-14H,12H2,2H3,(H,22,23)/b21-13+. The van der Waals surface area contributed by atoms with E-state index in [0.717, 1.165) is 33.5 Å². The number of methoxy groups -OCH3 is 1. The lowest BCUT2D eigenvalue weighted by Crippen LogP contribution is -1.94. The van der Waals surface area contributed by atoms with Gasteiger partial charge in [0.15, 0.2) is 0 Å². The third-order valence-electron chi connectivity index (χ3n) is 3.47. The highest BCUT2D eigenvalue weighted by molar-refractivity contribution is 7.14. The molecule has 3 rings (SSSR count). The zero-order valence-corrected chi connectivity index (χ0v) is 15.0. The quantitative estimate of drug-likeness (QED) is 0.387. The Morgan fingerprint density at radius 1 is 1.15 bits per heavy atom. The van der Waals surface area contributed by atoms with Crippen molar-refractivity contribution in [3.8, 4) is 35.1 Å². The summed E-state index contributed by atoms with van der Waals surface area (Å²) in [5, 5.41) is 6.92. The van der Waals surface area contributed by atoms with Gasteiger partial charge in [0, 0.05) is 10.9 Å². The molecule has 3 aromatic rings. The molecule has 1 aromatic heterocycles. The van der Waals surface area contributed by atoms with E-state index in [1.165, 1.54) is 11.3 Å². The molecule has 0 bridgehead atoms. The van der Waals surface area contributed by atoms with Crippen LogP contribution in [0.15, 0.2) is 59.0 Å². The van der Waals surface area contributed by atoms with Gasteiger partial charge in [-0.1, -0.05) is 5.92 Å². The topological polar surface area (TPSA) is 55.7 Å². The van der Waals surface area contributed by atoms with E-state index in [4.69, 9.17) is 15.9 Å². The van der Waals surface area contributed by atoms with Gasteiger partial charge in [-0.3, -0.25) is 5.43 Å². The minimum absolute atomic E-state index is 0.259. The monoisotopic (exact) mass is 363 g/mol. The van der Waals surface area contributed by atoms with Crippen LogP contribution in [0, 0.1) is 12.3 Å². The number of ether oxygens (including phenoxy) is 2. The summed E-state index contributed by atoms with van der Waals surface area (Å²) < 4.78 is 10.5. The molecule has 0 spiro atoms. The molecular formula is C20H17N3O2S. The fourth-order valence-corrected chi connectivity index (χ4v) is 2.83. The zero-order chi connectivity index (χ0) is 18.2. The fourth-order valence-electron chi connectivity index (χ4n) is 2.16. The van der Waals surface area contributed by atoms with Crippen molar-refractivity contribution in [2.24, 2.45) is 5.10 Å². The third kappa shape index (κ3) is 4.62. The van der Waals surface area contributed by atoms with Gasteiger partial charge in [-0.15, -0.1) is 17.8 Å². The highest BCUT2D eigenvalue weighted by Crippen LogP contribution is 2.26. The number of aromatic nitrogens is 1. The molecule has 2 aromatic carbocycles. The van der Waals surface area contributed by atoms with Gasteiger partial charge in [-0.25, -0.2) is 4.98 Å². The maximum Gasteiger partial charge on any atom is 0.203 e. The van der Waals surface area contributed by atoms with Crippen LogP contribution < -0.4 is 14.9 Å². The number of hydrogen-bond donors (Lipinski definition) is 1. The highest BCUT2D eigenvalue weighted by Gasteiger charge is 2.04. The first-order valence-corrected chi connectivity index (χ1v) is 8.72. The molecule has 1 heterocycles. The highest BCUT2D eigenvalue weighted by atomic mass is 32.1. The molecule has 0 radical (unpaired) electrons. The first-order valence-electron chi connectivity index (χ1n) is 7.84. The molecule has 0 saturated carbocycles. The number of hydrazone groups is 1. The van der Waals surface area contributed by atoms with Crippen molar-refractivity contribution >= 4 is 22.7 Å². The summed E-state index contributed by atoms with van der Waals surface area (Å²) >= 11 is 1.50. The van der Waals surface area contributed by atoms with E-state index in [-0.39, 0.29) is 6.61 Å². The normalized spacial score (nSPS) is 10.5. The number of nitrogens with zero attached hydrogens (tertiary/aromatic N) is 2. The second-order valence-corrected chi connectivity index (χ2v) is 6.06. The average molecular weight is 363 g/mol. The number of hydrogen-bond acceptors (Lipinski definition) is 6. The van der Waals surface area contributed by atoms with Crippen LogP contribution in [0.5, 0.6) is 11.5 Å². The summed E-state index contributed by atoms with van der Waals surface area (Å²) in [6.45, 7) is 0.259. The van der Waals surface area contributed by atoms with Crippen LogP contribution in [0.4, 0.5) is 5.13 Å². The van der Waals surface area contributed by atoms with Crippen LogP contribution in [0.2, 0.25) is 0 Å². The van der Waals surface area contributed by atoms with Crippen molar-refractivity contribution in [1.82, 2.24) is 4.98 Å². The lowest BCUT2D eigenvalue weighted by Gasteiger charge is -2.01. The molecular weight excluding hydrogens is 346 g/mol. The van der Waals surface area contributed by atoms with Crippen molar-refractivity contribution in [2.45, 2.75) is 0 Å². The predicted molar refractivity (Wildman–Crippen MR) is 106 cm³/mol. The van der Waals surface area contributed by atoms with Crippen LogP contribution in [0.1, 0.15) is 5.56 Å². The second kappa shape index (κ2) is 8.70. The van der Waals surface area contributed by atoms with Crippen LogP contribution in [0.3, 0.4) is 0 Å². The number of benzene rings is 2. The van der Waals surface area contributed by atoms with Crippen molar-refractivity contribution in [3.63, 3.8) is 0 Å². The SMILES string of the molecule is C#CCOc1ccc(/C=N/Nc2nc(-c3ccc(OC)cc3)cs2)cc1. The number of anilines is 1. The van der Waals surface area contributed by atoms with Gasteiger partial charge in [-0.2, -0.15) is 5.10 Å². The Kier molecular flexibility index (Phi) is 5.86. The zero-order valence-electron chi connectivity index (χ0n) is 14.2. The van der Waals surface area contributed by atoms with Crippen molar-refractivity contribution in [1.29, 1.82) is 0 Å². The predicted octanol–water partition coefficient (Wildman–Crippen LogP) is 4.28. The van der Waals surface area contributed by atoms with Crippen molar-refractivity contribution in [2.75, 3.05) is 19.1 Å². The van der Waals surface area contributed by atoms with E-state index < -0.39 is 0 Å². The summed E-state index contributed by atoms with van der Waals surface area (Å²) in [6, 6.07) is 15.3. The van der Waals surface area contributed by atoms with Gasteiger partial charge in [0.2, 0.25) is 5.13 Å². The molecule has 26 heavy (non-hydrogen) atoms. The largest absolute Gasteiger partial charge is 0.497 e. The average Bonchev–Trinajstić information content (AvgIpc) is 3.16. The van der Waals surface area contributed by atoms with Crippen molar-refractivity contribution < 1.29 is 9.47 Å². The number of thiazole rings is 1. The smallest absolute Gasteiger partial charge is 0.203 e. The Balaban J connectivity index is 1.58. The molecule has 5 nitrogen and oxygen atoms in total. The summed E-state index contributed by atoms with van der Waals surface area (Å²) in [4.78, 5) is 4.53. The molecule has 0 amide bonds. The van der Waals surface area contributed by atoms with Gasteiger partial charge in [0.1, 0.15) is 18.1 Å². The van der Waals surface area contributed by atoms with Crippen LogP contribution in [-0.4, -0.2) is 24.9 Å². The van der Waals surface area contributed by atoms with E-state index in [0.29, 0.717) is 0 Å². The molecule has 0 saturated heterocycles.